The van der Waals surface area contributed by atoms with Crippen LogP contribution in [-0.4, -0.2) is 42.7 Å². The summed E-state index contributed by atoms with van der Waals surface area (Å²) in [5, 5.41) is 11.4. The zero-order chi connectivity index (χ0) is 15.8. The molecule has 1 aromatic carbocycles. The molecule has 1 saturated heterocycles. The van der Waals surface area contributed by atoms with Crippen molar-refractivity contribution >= 4 is 12.1 Å². The minimum absolute atomic E-state index is 0.0750. The number of carboxylic acid groups (broad SMARTS) is 1. The predicted octanol–water partition coefficient (Wildman–Crippen LogP) is 1.52. The van der Waals surface area contributed by atoms with Crippen LogP contribution in [0.15, 0.2) is 30.3 Å². The molecular formula is C15H19NO6. The van der Waals surface area contributed by atoms with Crippen LogP contribution in [-0.2, 0) is 25.6 Å². The average molecular weight is 309 g/mol. The molecule has 1 aliphatic heterocycles. The summed E-state index contributed by atoms with van der Waals surface area (Å²) in [4.78, 5) is 22.8. The number of nitrogens with one attached hydrogen (secondary N) is 1. The fraction of sp³-hybridized carbons (Fsp3) is 0.467. The third-order valence-electron chi connectivity index (χ3n) is 3.14. The van der Waals surface area contributed by atoms with Gasteiger partial charge in [0.05, 0.1) is 6.61 Å². The lowest BCUT2D eigenvalue weighted by Gasteiger charge is -2.17. The average Bonchev–Trinajstić information content (AvgIpc) is 3.03. The Morgan fingerprint density at radius 3 is 2.77 bits per heavy atom. The van der Waals surface area contributed by atoms with E-state index in [4.69, 9.17) is 19.3 Å². The van der Waals surface area contributed by atoms with Gasteiger partial charge < -0.3 is 24.6 Å². The predicted molar refractivity (Wildman–Crippen MR) is 76.1 cm³/mol. The van der Waals surface area contributed by atoms with Crippen LogP contribution in [0.1, 0.15) is 18.4 Å². The van der Waals surface area contributed by atoms with Crippen molar-refractivity contribution in [2.24, 2.45) is 0 Å². The molecule has 7 heteroatoms. The number of rotatable bonds is 7. The molecule has 0 spiro atoms. The van der Waals surface area contributed by atoms with Gasteiger partial charge in [-0.1, -0.05) is 30.3 Å². The van der Waals surface area contributed by atoms with Gasteiger partial charge in [-0.2, -0.15) is 0 Å². The van der Waals surface area contributed by atoms with Crippen LogP contribution in [0.4, 0.5) is 4.79 Å². The van der Waals surface area contributed by atoms with Crippen LogP contribution < -0.4 is 5.32 Å². The van der Waals surface area contributed by atoms with Gasteiger partial charge in [-0.3, -0.25) is 0 Å². The SMILES string of the molecule is O=C(NC(COC1CCCO1)C(=O)O)OCc1ccccc1. The molecule has 1 aliphatic rings. The highest BCUT2D eigenvalue weighted by Crippen LogP contribution is 2.13. The zero-order valence-corrected chi connectivity index (χ0v) is 12.1. The maximum Gasteiger partial charge on any atom is 0.408 e. The minimum atomic E-state index is -1.19. The van der Waals surface area contributed by atoms with Crippen molar-refractivity contribution in [3.05, 3.63) is 35.9 Å². The van der Waals surface area contributed by atoms with Crippen LogP contribution in [0.2, 0.25) is 0 Å². The normalized spacial score (nSPS) is 18.6. The fourth-order valence-corrected chi connectivity index (χ4v) is 1.96. The van der Waals surface area contributed by atoms with Gasteiger partial charge in [0.2, 0.25) is 0 Å². The highest BCUT2D eigenvalue weighted by molar-refractivity contribution is 5.80. The molecular weight excluding hydrogens is 290 g/mol. The van der Waals surface area contributed by atoms with Gasteiger partial charge in [-0.25, -0.2) is 9.59 Å². The van der Waals surface area contributed by atoms with Gasteiger partial charge in [0.1, 0.15) is 6.61 Å². The lowest BCUT2D eigenvalue weighted by atomic mass is 10.2. The molecule has 1 fully saturated rings. The van der Waals surface area contributed by atoms with E-state index in [1.165, 1.54) is 0 Å². The molecule has 0 bridgehead atoms. The first-order valence-electron chi connectivity index (χ1n) is 7.08. The van der Waals surface area contributed by atoms with E-state index < -0.39 is 24.4 Å². The number of aliphatic carboxylic acids is 1. The number of amides is 1. The lowest BCUT2D eigenvalue weighted by Crippen LogP contribution is -2.44. The van der Waals surface area contributed by atoms with Crippen LogP contribution in [0.5, 0.6) is 0 Å². The second kappa shape index (κ2) is 8.35. The van der Waals surface area contributed by atoms with Crippen molar-refractivity contribution in [2.45, 2.75) is 31.8 Å². The summed E-state index contributed by atoms with van der Waals surface area (Å²) < 4.78 is 15.5. The van der Waals surface area contributed by atoms with E-state index in [0.29, 0.717) is 6.61 Å². The van der Waals surface area contributed by atoms with Crippen LogP contribution in [0.3, 0.4) is 0 Å². The first kappa shape index (κ1) is 16.3. The van der Waals surface area contributed by atoms with Crippen LogP contribution in [0, 0.1) is 0 Å². The van der Waals surface area contributed by atoms with E-state index in [-0.39, 0.29) is 13.2 Å². The lowest BCUT2D eigenvalue weighted by molar-refractivity contribution is -0.148. The minimum Gasteiger partial charge on any atom is -0.480 e. The van der Waals surface area contributed by atoms with E-state index in [2.05, 4.69) is 5.32 Å². The summed E-state index contributed by atoms with van der Waals surface area (Å²) in [6.07, 6.45) is 0.413. The quantitative estimate of drug-likeness (QED) is 0.793. The summed E-state index contributed by atoms with van der Waals surface area (Å²) >= 11 is 0. The van der Waals surface area contributed by atoms with Crippen molar-refractivity contribution in [3.8, 4) is 0 Å². The monoisotopic (exact) mass is 309 g/mol. The standard InChI is InChI=1S/C15H19NO6/c17-14(18)12(10-21-13-7-4-8-20-13)16-15(19)22-9-11-5-2-1-3-6-11/h1-3,5-6,12-13H,4,7-10H2,(H,16,19)(H,17,18). The first-order chi connectivity index (χ1) is 10.6. The molecule has 2 N–H and O–H groups in total. The van der Waals surface area contributed by atoms with E-state index in [9.17, 15) is 9.59 Å². The van der Waals surface area contributed by atoms with Crippen LogP contribution in [0.25, 0.3) is 0 Å². The number of carbonyl (C=O) groups excluding carboxylic acids is 1. The summed E-state index contributed by atoms with van der Waals surface area (Å²) in [6, 6.07) is 7.95. The molecule has 2 unspecified atom stereocenters. The van der Waals surface area contributed by atoms with E-state index >= 15 is 0 Å². The Labute approximate surface area is 128 Å². The molecule has 22 heavy (non-hydrogen) atoms. The number of carboxylic acids is 1. The highest BCUT2D eigenvalue weighted by Gasteiger charge is 2.24. The van der Waals surface area contributed by atoms with Crippen molar-refractivity contribution in [1.29, 1.82) is 0 Å². The third kappa shape index (κ3) is 5.34. The molecule has 7 nitrogen and oxygen atoms in total. The fourth-order valence-electron chi connectivity index (χ4n) is 1.96. The molecule has 0 aliphatic carbocycles. The second-order valence-electron chi connectivity index (χ2n) is 4.87. The maximum absolute atomic E-state index is 11.6. The first-order valence-corrected chi connectivity index (χ1v) is 7.08. The Kier molecular flexibility index (Phi) is 6.17. The number of alkyl carbamates (subject to hydrolysis) is 1. The Hall–Kier alpha value is -2.12. The number of carbonyl (C=O) groups is 2. The van der Waals surface area contributed by atoms with Gasteiger partial charge in [0, 0.05) is 13.0 Å². The number of benzene rings is 1. The Morgan fingerprint density at radius 1 is 1.36 bits per heavy atom. The summed E-state index contributed by atoms with van der Waals surface area (Å²) in [5.41, 5.74) is 0.820. The number of hydrogen-bond donors (Lipinski definition) is 2. The second-order valence-corrected chi connectivity index (χ2v) is 4.87. The highest BCUT2D eigenvalue weighted by atomic mass is 16.7. The Bertz CT molecular complexity index is 486. The van der Waals surface area contributed by atoms with Crippen molar-refractivity contribution < 1.29 is 28.9 Å². The molecule has 2 atom stereocenters. The number of ether oxygens (including phenoxy) is 3. The Morgan fingerprint density at radius 2 is 2.14 bits per heavy atom. The zero-order valence-electron chi connectivity index (χ0n) is 12.1. The van der Waals surface area contributed by atoms with Gasteiger partial charge in [0.25, 0.3) is 0 Å². The third-order valence-corrected chi connectivity index (χ3v) is 3.14. The molecule has 120 valence electrons. The molecule has 1 aromatic rings. The molecule has 1 heterocycles. The molecule has 0 saturated carbocycles. The van der Waals surface area contributed by atoms with E-state index in [0.717, 1.165) is 18.4 Å². The Balaban J connectivity index is 1.74. The van der Waals surface area contributed by atoms with Gasteiger partial charge in [0.15, 0.2) is 12.3 Å². The van der Waals surface area contributed by atoms with Crippen molar-refractivity contribution in [3.63, 3.8) is 0 Å². The summed E-state index contributed by atoms with van der Waals surface area (Å²) in [6.45, 7) is 0.515. The summed E-state index contributed by atoms with van der Waals surface area (Å²) in [7, 11) is 0. The smallest absolute Gasteiger partial charge is 0.408 e. The topological polar surface area (TPSA) is 94.1 Å². The van der Waals surface area contributed by atoms with E-state index in [1.54, 1.807) is 0 Å². The summed E-state index contributed by atoms with van der Waals surface area (Å²) in [5.74, 6) is -1.19. The molecule has 0 radical (unpaired) electrons. The largest absolute Gasteiger partial charge is 0.480 e. The van der Waals surface area contributed by atoms with Gasteiger partial charge >= 0.3 is 12.1 Å². The van der Waals surface area contributed by atoms with E-state index in [1.807, 2.05) is 30.3 Å². The molecule has 1 amide bonds. The van der Waals surface area contributed by atoms with Gasteiger partial charge in [-0.05, 0) is 12.0 Å². The van der Waals surface area contributed by atoms with Gasteiger partial charge in [-0.15, -0.1) is 0 Å². The van der Waals surface area contributed by atoms with Crippen LogP contribution >= 0.6 is 0 Å². The maximum atomic E-state index is 11.6. The molecule has 0 aromatic heterocycles. The number of hydrogen-bond acceptors (Lipinski definition) is 5. The van der Waals surface area contributed by atoms with Crippen molar-refractivity contribution in [2.75, 3.05) is 13.2 Å². The van der Waals surface area contributed by atoms with Crippen molar-refractivity contribution in [1.82, 2.24) is 5.32 Å². The molecule has 2 rings (SSSR count).